The van der Waals surface area contributed by atoms with E-state index in [0.29, 0.717) is 41.9 Å². The van der Waals surface area contributed by atoms with E-state index >= 15 is 0 Å². The lowest BCUT2D eigenvalue weighted by Crippen LogP contribution is -2.50. The van der Waals surface area contributed by atoms with Crippen molar-refractivity contribution in [2.75, 3.05) is 36.4 Å². The quantitative estimate of drug-likeness (QED) is 0.304. The van der Waals surface area contributed by atoms with Crippen molar-refractivity contribution in [1.82, 2.24) is 14.9 Å². The van der Waals surface area contributed by atoms with Gasteiger partial charge in [0, 0.05) is 42.5 Å². The molecular formula is C27H27Cl2N5OS. The number of halogens is 2. The van der Waals surface area contributed by atoms with Crippen molar-refractivity contribution in [2.24, 2.45) is 0 Å². The Bertz CT molecular complexity index is 1400. The standard InChI is InChI=1S/C27H27Cl2N5OS/c1-17-18(2)36-26-24(17)25(31-23(32-26)11-8-19-6-4-3-5-7-19)33-12-14-34(15-13-33)27(35)30-22-10-9-20(28)16-21(22)29/h3-7,9-10,16H,8,11-15H2,1-2H3,(H,30,35). The second-order valence-electron chi connectivity index (χ2n) is 8.94. The molecule has 2 aromatic carbocycles. The molecular weight excluding hydrogens is 513 g/mol. The van der Waals surface area contributed by atoms with E-state index in [1.807, 2.05) is 11.0 Å². The summed E-state index contributed by atoms with van der Waals surface area (Å²) < 4.78 is 0. The Labute approximate surface area is 224 Å². The van der Waals surface area contributed by atoms with Gasteiger partial charge in [0.05, 0.1) is 16.1 Å². The minimum absolute atomic E-state index is 0.169. The van der Waals surface area contributed by atoms with Crippen molar-refractivity contribution in [3.63, 3.8) is 0 Å². The molecule has 0 saturated carbocycles. The third-order valence-corrected chi connectivity index (χ3v) is 8.22. The zero-order chi connectivity index (χ0) is 25.2. The Hall–Kier alpha value is -2.87. The van der Waals surface area contributed by atoms with Gasteiger partial charge in [-0.1, -0.05) is 53.5 Å². The highest BCUT2D eigenvalue weighted by molar-refractivity contribution is 7.18. The number of amides is 2. The smallest absolute Gasteiger partial charge is 0.322 e. The largest absolute Gasteiger partial charge is 0.352 e. The van der Waals surface area contributed by atoms with Crippen LogP contribution in [0, 0.1) is 13.8 Å². The summed E-state index contributed by atoms with van der Waals surface area (Å²) in [6.45, 7) is 6.85. The summed E-state index contributed by atoms with van der Waals surface area (Å²) in [6.07, 6.45) is 1.68. The van der Waals surface area contributed by atoms with Crippen LogP contribution < -0.4 is 10.2 Å². The van der Waals surface area contributed by atoms with E-state index in [4.69, 9.17) is 33.2 Å². The summed E-state index contributed by atoms with van der Waals surface area (Å²) in [5, 5.41) is 4.98. The molecule has 1 aliphatic rings. The third kappa shape index (κ3) is 5.28. The van der Waals surface area contributed by atoms with Crippen LogP contribution in [0.4, 0.5) is 16.3 Å². The van der Waals surface area contributed by atoms with Gasteiger partial charge in [0.15, 0.2) is 0 Å². The fourth-order valence-electron chi connectivity index (χ4n) is 4.42. The van der Waals surface area contributed by atoms with Crippen LogP contribution in [0.5, 0.6) is 0 Å². The Morgan fingerprint density at radius 1 is 1.00 bits per heavy atom. The number of nitrogens with zero attached hydrogens (tertiary/aromatic N) is 4. The van der Waals surface area contributed by atoms with Gasteiger partial charge in [-0.05, 0) is 49.6 Å². The molecule has 9 heteroatoms. The summed E-state index contributed by atoms with van der Waals surface area (Å²) in [5.41, 5.74) is 3.07. The first kappa shape index (κ1) is 24.8. The van der Waals surface area contributed by atoms with Crippen molar-refractivity contribution in [3.05, 3.63) is 80.4 Å². The van der Waals surface area contributed by atoms with Gasteiger partial charge in [0.2, 0.25) is 0 Å². The second-order valence-corrected chi connectivity index (χ2v) is 11.0. The number of hydrogen-bond acceptors (Lipinski definition) is 5. The van der Waals surface area contributed by atoms with Crippen molar-refractivity contribution >= 4 is 62.3 Å². The van der Waals surface area contributed by atoms with Gasteiger partial charge in [-0.15, -0.1) is 11.3 Å². The summed E-state index contributed by atoms with van der Waals surface area (Å²) in [7, 11) is 0. The number of thiophene rings is 1. The van der Waals surface area contributed by atoms with Gasteiger partial charge >= 0.3 is 6.03 Å². The maximum absolute atomic E-state index is 12.9. The maximum atomic E-state index is 12.9. The molecule has 0 bridgehead atoms. The third-order valence-electron chi connectivity index (χ3n) is 6.58. The van der Waals surface area contributed by atoms with Crippen molar-refractivity contribution in [1.29, 1.82) is 0 Å². The Kier molecular flexibility index (Phi) is 7.32. The lowest BCUT2D eigenvalue weighted by atomic mass is 10.1. The summed E-state index contributed by atoms with van der Waals surface area (Å²) in [4.78, 5) is 29.2. The van der Waals surface area contributed by atoms with Gasteiger partial charge in [-0.3, -0.25) is 0 Å². The molecule has 0 atom stereocenters. The van der Waals surface area contributed by atoms with Gasteiger partial charge in [-0.2, -0.15) is 0 Å². The Balaban J connectivity index is 1.32. The van der Waals surface area contributed by atoms with Crippen LogP contribution >= 0.6 is 34.5 Å². The monoisotopic (exact) mass is 539 g/mol. The number of anilines is 2. The number of aromatic nitrogens is 2. The van der Waals surface area contributed by atoms with Gasteiger partial charge in [-0.25, -0.2) is 14.8 Å². The molecule has 4 aromatic rings. The number of aryl methyl sites for hydroxylation is 4. The molecule has 1 fully saturated rings. The fraction of sp³-hybridized carbons (Fsp3) is 0.296. The van der Waals surface area contributed by atoms with E-state index in [-0.39, 0.29) is 6.03 Å². The molecule has 2 amide bonds. The molecule has 1 saturated heterocycles. The van der Waals surface area contributed by atoms with Crippen LogP contribution in [0.15, 0.2) is 48.5 Å². The number of hydrogen-bond donors (Lipinski definition) is 1. The zero-order valence-electron chi connectivity index (χ0n) is 20.2. The van der Waals surface area contributed by atoms with Crippen LogP contribution in [0.25, 0.3) is 10.2 Å². The summed E-state index contributed by atoms with van der Waals surface area (Å²) >= 11 is 13.9. The van der Waals surface area contributed by atoms with Crippen LogP contribution in [0.3, 0.4) is 0 Å². The predicted octanol–water partition coefficient (Wildman–Crippen LogP) is 6.75. The Morgan fingerprint density at radius 2 is 1.75 bits per heavy atom. The predicted molar refractivity (Wildman–Crippen MR) is 150 cm³/mol. The van der Waals surface area contributed by atoms with Crippen LogP contribution in [-0.4, -0.2) is 47.1 Å². The number of carbonyl (C=O) groups is 1. The number of piperazine rings is 1. The van der Waals surface area contributed by atoms with Gasteiger partial charge in [0.1, 0.15) is 16.5 Å². The van der Waals surface area contributed by atoms with Gasteiger partial charge in [0.25, 0.3) is 0 Å². The first-order valence-electron chi connectivity index (χ1n) is 12.0. The molecule has 1 N–H and O–H groups in total. The van der Waals surface area contributed by atoms with Crippen molar-refractivity contribution < 1.29 is 4.79 Å². The molecule has 0 aliphatic carbocycles. The van der Waals surface area contributed by atoms with Crippen molar-refractivity contribution in [3.8, 4) is 0 Å². The average molecular weight is 541 g/mol. The normalized spacial score (nSPS) is 13.9. The maximum Gasteiger partial charge on any atom is 0.322 e. The minimum Gasteiger partial charge on any atom is -0.352 e. The van der Waals surface area contributed by atoms with Crippen molar-refractivity contribution in [2.45, 2.75) is 26.7 Å². The number of rotatable bonds is 5. The number of benzene rings is 2. The first-order valence-corrected chi connectivity index (χ1v) is 13.5. The molecule has 36 heavy (non-hydrogen) atoms. The molecule has 2 aromatic heterocycles. The molecule has 186 valence electrons. The minimum atomic E-state index is -0.169. The number of urea groups is 1. The summed E-state index contributed by atoms with van der Waals surface area (Å²) in [5.74, 6) is 1.84. The van der Waals surface area contributed by atoms with E-state index in [0.717, 1.165) is 34.7 Å². The SMILES string of the molecule is Cc1sc2nc(CCc3ccccc3)nc(N3CCN(C(=O)Nc4ccc(Cl)cc4Cl)CC3)c2c1C. The van der Waals surface area contributed by atoms with Crippen LogP contribution in [0.1, 0.15) is 21.8 Å². The number of nitrogens with one attached hydrogen (secondary N) is 1. The van der Waals surface area contributed by atoms with E-state index in [1.165, 1.54) is 16.0 Å². The van der Waals surface area contributed by atoms with Crippen LogP contribution in [-0.2, 0) is 12.8 Å². The summed E-state index contributed by atoms with van der Waals surface area (Å²) in [6, 6.07) is 15.3. The van der Waals surface area contributed by atoms with E-state index in [9.17, 15) is 4.79 Å². The average Bonchev–Trinajstić information content (AvgIpc) is 3.17. The Morgan fingerprint density at radius 3 is 2.47 bits per heavy atom. The first-order chi connectivity index (χ1) is 17.4. The van der Waals surface area contributed by atoms with E-state index in [1.54, 1.807) is 29.5 Å². The molecule has 0 radical (unpaired) electrons. The highest BCUT2D eigenvalue weighted by Crippen LogP contribution is 2.35. The zero-order valence-corrected chi connectivity index (χ0v) is 22.6. The van der Waals surface area contributed by atoms with Crippen LogP contribution in [0.2, 0.25) is 10.0 Å². The highest BCUT2D eigenvalue weighted by atomic mass is 35.5. The van der Waals surface area contributed by atoms with E-state index < -0.39 is 0 Å². The molecule has 3 heterocycles. The lowest BCUT2D eigenvalue weighted by Gasteiger charge is -2.36. The lowest BCUT2D eigenvalue weighted by molar-refractivity contribution is 0.208. The number of carbonyl (C=O) groups excluding carboxylic acids is 1. The van der Waals surface area contributed by atoms with Gasteiger partial charge < -0.3 is 15.1 Å². The molecule has 1 aliphatic heterocycles. The molecule has 0 spiro atoms. The van der Waals surface area contributed by atoms with E-state index in [2.05, 4.69) is 48.3 Å². The highest BCUT2D eigenvalue weighted by Gasteiger charge is 2.26. The fourth-order valence-corrected chi connectivity index (χ4v) is 5.92. The number of fused-ring (bicyclic) bond motifs is 1. The second kappa shape index (κ2) is 10.6. The topological polar surface area (TPSA) is 61.4 Å². The molecule has 5 rings (SSSR count). The molecule has 6 nitrogen and oxygen atoms in total. The molecule has 0 unspecified atom stereocenters.